The van der Waals surface area contributed by atoms with Gasteiger partial charge >= 0.3 is 5.97 Å². The second kappa shape index (κ2) is 8.57. The van der Waals surface area contributed by atoms with E-state index in [1.54, 1.807) is 6.92 Å². The number of hydrogen-bond donors (Lipinski definition) is 1. The number of esters is 1. The molecule has 4 nitrogen and oxygen atoms in total. The van der Waals surface area contributed by atoms with Crippen molar-refractivity contribution in [2.75, 3.05) is 6.61 Å². The van der Waals surface area contributed by atoms with Crippen LogP contribution in [0, 0.1) is 0 Å². The lowest BCUT2D eigenvalue weighted by molar-refractivity contribution is -0.152. The van der Waals surface area contributed by atoms with E-state index < -0.39 is 31.0 Å². The Labute approximate surface area is 124 Å². The van der Waals surface area contributed by atoms with Crippen molar-refractivity contribution in [1.29, 1.82) is 0 Å². The molecule has 1 rings (SSSR count). The van der Waals surface area contributed by atoms with Gasteiger partial charge in [-0.3, -0.25) is 0 Å². The molecule has 0 saturated heterocycles. The highest BCUT2D eigenvalue weighted by Crippen LogP contribution is 2.20. The summed E-state index contributed by atoms with van der Waals surface area (Å²) in [6.45, 7) is 1.73. The second-order valence-corrected chi connectivity index (χ2v) is 4.36. The zero-order valence-corrected chi connectivity index (χ0v) is 11.7. The highest BCUT2D eigenvalue weighted by atomic mass is 19.3. The van der Waals surface area contributed by atoms with Crippen molar-refractivity contribution in [3.05, 3.63) is 29.8 Å². The minimum Gasteiger partial charge on any atom is -0.464 e. The molecule has 124 valence electrons. The summed E-state index contributed by atoms with van der Waals surface area (Å²) in [6, 6.07) is 5.22. The van der Waals surface area contributed by atoms with Gasteiger partial charge in [-0.2, -0.15) is 4.39 Å². The van der Waals surface area contributed by atoms with E-state index in [1.807, 2.05) is 0 Å². The van der Waals surface area contributed by atoms with Gasteiger partial charge in [0.25, 0.3) is 12.8 Å². The summed E-state index contributed by atoms with van der Waals surface area (Å²) in [6.07, 6.45) is -10.7. The summed E-state index contributed by atoms with van der Waals surface area (Å²) in [4.78, 5) is 11.2. The van der Waals surface area contributed by atoms with Crippen LogP contribution in [0.25, 0.3) is 0 Å². The number of rotatable bonds is 8. The van der Waals surface area contributed by atoms with Gasteiger partial charge in [-0.25, -0.2) is 18.0 Å². The van der Waals surface area contributed by atoms with Crippen molar-refractivity contribution in [3.63, 3.8) is 0 Å². The summed E-state index contributed by atoms with van der Waals surface area (Å²) in [5.41, 5.74) is 0.508. The number of carbonyl (C=O) groups excluding carboxylic acids is 1. The molecule has 1 N–H and O–H groups in total. The lowest BCUT2D eigenvalue weighted by Crippen LogP contribution is -2.29. The van der Waals surface area contributed by atoms with Crippen molar-refractivity contribution in [2.24, 2.45) is 0 Å². The number of alkyl halides is 4. The fraction of sp³-hybridized carbons (Fsp3) is 0.500. The molecular weight excluding hydrogens is 308 g/mol. The first-order valence-corrected chi connectivity index (χ1v) is 6.51. The molecule has 0 saturated carbocycles. The van der Waals surface area contributed by atoms with E-state index in [-0.39, 0.29) is 18.8 Å². The normalized spacial score (nSPS) is 15.2. The second-order valence-electron chi connectivity index (χ2n) is 4.36. The first-order chi connectivity index (χ1) is 10.3. The maximum Gasteiger partial charge on any atom is 0.335 e. The van der Waals surface area contributed by atoms with E-state index in [1.165, 1.54) is 24.3 Å². The van der Waals surface area contributed by atoms with Gasteiger partial charge in [0.15, 0.2) is 6.10 Å². The van der Waals surface area contributed by atoms with Gasteiger partial charge < -0.3 is 14.6 Å². The number of aliphatic hydroxyl groups excluding tert-OH is 1. The monoisotopic (exact) mass is 324 g/mol. The third-order valence-corrected chi connectivity index (χ3v) is 2.65. The first-order valence-electron chi connectivity index (χ1n) is 6.51. The standard InChI is InChI=1S/C14H16F4O4/c1-2-21-14(20)10(19)7-8-3-5-9(6-4-8)22-13(18)11(15)12(16)17/h3-6,10-13,19H,2,7H2,1H3. The van der Waals surface area contributed by atoms with Crippen molar-refractivity contribution >= 4 is 5.97 Å². The van der Waals surface area contributed by atoms with Crippen LogP contribution in [0.4, 0.5) is 17.6 Å². The van der Waals surface area contributed by atoms with Crippen molar-refractivity contribution in [2.45, 2.75) is 38.4 Å². The van der Waals surface area contributed by atoms with Gasteiger partial charge in [-0.15, -0.1) is 0 Å². The Kier molecular flexibility index (Phi) is 7.10. The molecule has 0 spiro atoms. The van der Waals surface area contributed by atoms with Crippen LogP contribution in [0.5, 0.6) is 5.75 Å². The summed E-state index contributed by atoms with van der Waals surface area (Å²) in [7, 11) is 0. The van der Waals surface area contributed by atoms with Crippen LogP contribution in [0.15, 0.2) is 24.3 Å². The number of aliphatic hydroxyl groups is 1. The molecule has 8 heteroatoms. The fourth-order valence-corrected chi connectivity index (χ4v) is 1.56. The van der Waals surface area contributed by atoms with Gasteiger partial charge in [0.2, 0.25) is 6.17 Å². The van der Waals surface area contributed by atoms with E-state index in [0.717, 1.165) is 0 Å². The molecule has 3 atom stereocenters. The Morgan fingerprint density at radius 1 is 1.18 bits per heavy atom. The quantitative estimate of drug-likeness (QED) is 0.589. The average Bonchev–Trinajstić information content (AvgIpc) is 2.48. The van der Waals surface area contributed by atoms with Crippen LogP contribution < -0.4 is 4.74 Å². The van der Waals surface area contributed by atoms with Crippen LogP contribution in [0.3, 0.4) is 0 Å². The maximum atomic E-state index is 13.1. The topological polar surface area (TPSA) is 55.8 Å². The largest absolute Gasteiger partial charge is 0.464 e. The zero-order chi connectivity index (χ0) is 16.7. The third-order valence-electron chi connectivity index (χ3n) is 2.65. The molecule has 0 radical (unpaired) electrons. The van der Waals surface area contributed by atoms with Crippen LogP contribution in [0.2, 0.25) is 0 Å². The summed E-state index contributed by atoms with van der Waals surface area (Å²) >= 11 is 0. The minimum absolute atomic E-state index is 0.0407. The SMILES string of the molecule is CCOC(=O)C(O)Cc1ccc(OC(F)C(F)C(F)F)cc1. The van der Waals surface area contributed by atoms with Crippen LogP contribution >= 0.6 is 0 Å². The van der Waals surface area contributed by atoms with Gasteiger partial charge in [-0.05, 0) is 24.6 Å². The van der Waals surface area contributed by atoms with E-state index in [9.17, 15) is 27.5 Å². The molecule has 3 unspecified atom stereocenters. The predicted octanol–water partition coefficient (Wildman–Crippen LogP) is 2.43. The van der Waals surface area contributed by atoms with Crippen LogP contribution in [-0.2, 0) is 16.0 Å². The maximum absolute atomic E-state index is 13.1. The molecule has 0 aliphatic carbocycles. The molecular formula is C14H16F4O4. The first kappa shape index (κ1) is 18.2. The molecule has 0 fully saturated rings. The summed E-state index contributed by atoms with van der Waals surface area (Å²) in [5, 5.41) is 9.55. The van der Waals surface area contributed by atoms with E-state index in [2.05, 4.69) is 9.47 Å². The van der Waals surface area contributed by atoms with Crippen molar-refractivity contribution in [1.82, 2.24) is 0 Å². The Bertz CT molecular complexity index is 466. The highest BCUT2D eigenvalue weighted by Gasteiger charge is 2.31. The molecule has 0 aromatic heterocycles. The van der Waals surface area contributed by atoms with Gasteiger partial charge in [0, 0.05) is 6.42 Å². The fourth-order valence-electron chi connectivity index (χ4n) is 1.56. The Morgan fingerprint density at radius 2 is 1.77 bits per heavy atom. The molecule has 1 aromatic carbocycles. The van der Waals surface area contributed by atoms with Gasteiger partial charge in [-0.1, -0.05) is 12.1 Å². The highest BCUT2D eigenvalue weighted by molar-refractivity contribution is 5.74. The predicted molar refractivity (Wildman–Crippen MR) is 69.2 cm³/mol. The number of ether oxygens (including phenoxy) is 2. The van der Waals surface area contributed by atoms with Crippen molar-refractivity contribution < 1.29 is 36.9 Å². The molecule has 0 bridgehead atoms. The molecule has 0 heterocycles. The molecule has 0 aliphatic rings. The number of carbonyl (C=O) groups is 1. The summed E-state index contributed by atoms with van der Waals surface area (Å²) < 4.78 is 58.7. The Hall–Kier alpha value is -1.83. The van der Waals surface area contributed by atoms with E-state index in [0.29, 0.717) is 5.56 Å². The Balaban J connectivity index is 2.58. The molecule has 1 aromatic rings. The van der Waals surface area contributed by atoms with Crippen molar-refractivity contribution in [3.8, 4) is 5.75 Å². The van der Waals surface area contributed by atoms with E-state index >= 15 is 0 Å². The van der Waals surface area contributed by atoms with Crippen LogP contribution in [0.1, 0.15) is 12.5 Å². The third kappa shape index (κ3) is 5.51. The number of hydrogen-bond acceptors (Lipinski definition) is 4. The molecule has 0 aliphatic heterocycles. The van der Waals surface area contributed by atoms with Gasteiger partial charge in [0.1, 0.15) is 5.75 Å². The van der Waals surface area contributed by atoms with E-state index in [4.69, 9.17) is 0 Å². The van der Waals surface area contributed by atoms with Gasteiger partial charge in [0.05, 0.1) is 6.61 Å². The number of halogens is 4. The number of benzene rings is 1. The lowest BCUT2D eigenvalue weighted by atomic mass is 10.1. The smallest absolute Gasteiger partial charge is 0.335 e. The molecule has 22 heavy (non-hydrogen) atoms. The van der Waals surface area contributed by atoms with Crippen LogP contribution in [-0.4, -0.2) is 42.7 Å². The lowest BCUT2D eigenvalue weighted by Gasteiger charge is -2.15. The average molecular weight is 324 g/mol. The minimum atomic E-state index is -3.48. The molecule has 0 amide bonds. The summed E-state index contributed by atoms with van der Waals surface area (Å²) in [5.74, 6) is -0.922. The zero-order valence-electron chi connectivity index (χ0n) is 11.7. The Morgan fingerprint density at radius 3 is 2.27 bits per heavy atom.